The van der Waals surface area contributed by atoms with E-state index in [4.69, 9.17) is 4.74 Å². The Morgan fingerprint density at radius 3 is 2.85 bits per heavy atom. The van der Waals surface area contributed by atoms with Crippen LogP contribution in [0.3, 0.4) is 0 Å². The van der Waals surface area contributed by atoms with E-state index in [2.05, 4.69) is 5.32 Å². The highest BCUT2D eigenvalue weighted by Gasteiger charge is 2.48. The van der Waals surface area contributed by atoms with Crippen molar-refractivity contribution in [1.82, 2.24) is 9.80 Å². The molecule has 0 unspecified atom stereocenters. The van der Waals surface area contributed by atoms with Crippen molar-refractivity contribution in [2.75, 3.05) is 45.7 Å². The number of likely N-dealkylation sites (tertiary alicyclic amines) is 2. The van der Waals surface area contributed by atoms with E-state index in [9.17, 15) is 14.4 Å². The average Bonchev–Trinajstić information content (AvgIpc) is 3.04. The molecule has 0 aromatic heterocycles. The summed E-state index contributed by atoms with van der Waals surface area (Å²) in [4.78, 5) is 40.7. The molecule has 0 radical (unpaired) electrons. The number of nitrogens with zero attached hydrogens (tertiary/aromatic N) is 2. The second kappa shape index (κ2) is 7.45. The lowest BCUT2D eigenvalue weighted by Gasteiger charge is -2.37. The maximum Gasteiger partial charge on any atom is 0.253 e. The van der Waals surface area contributed by atoms with Crippen LogP contribution in [0, 0.1) is 5.41 Å². The van der Waals surface area contributed by atoms with E-state index in [-0.39, 0.29) is 24.3 Å². The van der Waals surface area contributed by atoms with Crippen LogP contribution in [0.4, 0.5) is 5.69 Å². The number of rotatable bonds is 4. The molecule has 1 atom stereocenters. The second-order valence-corrected chi connectivity index (χ2v) is 7.15. The summed E-state index contributed by atoms with van der Waals surface area (Å²) in [5.41, 5.74) is 0.640. The van der Waals surface area contributed by atoms with E-state index in [1.807, 2.05) is 7.05 Å². The summed E-state index contributed by atoms with van der Waals surface area (Å²) < 4.78 is 4.79. The molecule has 7 heteroatoms. The second-order valence-electron chi connectivity index (χ2n) is 7.15. The van der Waals surface area contributed by atoms with Crippen LogP contribution in [0.5, 0.6) is 0 Å². The van der Waals surface area contributed by atoms with Gasteiger partial charge in [0.15, 0.2) is 0 Å². The Morgan fingerprint density at radius 1 is 1.27 bits per heavy atom. The Hall–Kier alpha value is -2.41. The monoisotopic (exact) mass is 359 g/mol. The molecule has 7 nitrogen and oxygen atoms in total. The molecule has 2 saturated heterocycles. The van der Waals surface area contributed by atoms with Gasteiger partial charge in [-0.15, -0.1) is 0 Å². The first-order valence-electron chi connectivity index (χ1n) is 8.89. The van der Waals surface area contributed by atoms with Gasteiger partial charge in [0, 0.05) is 45.0 Å². The Labute approximate surface area is 153 Å². The van der Waals surface area contributed by atoms with Crippen molar-refractivity contribution in [3.63, 3.8) is 0 Å². The lowest BCUT2D eigenvalue weighted by Crippen LogP contribution is -2.48. The molecule has 2 aliphatic rings. The third-order valence-corrected chi connectivity index (χ3v) is 5.26. The third-order valence-electron chi connectivity index (χ3n) is 5.26. The maximum atomic E-state index is 12.9. The number of piperidine rings is 1. The molecular weight excluding hydrogens is 334 g/mol. The van der Waals surface area contributed by atoms with Gasteiger partial charge in [-0.25, -0.2) is 0 Å². The highest BCUT2D eigenvalue weighted by Crippen LogP contribution is 2.40. The summed E-state index contributed by atoms with van der Waals surface area (Å²) in [7, 11) is 3.28. The van der Waals surface area contributed by atoms with Crippen LogP contribution < -0.4 is 5.32 Å². The van der Waals surface area contributed by atoms with E-state index >= 15 is 0 Å². The van der Waals surface area contributed by atoms with E-state index in [0.717, 1.165) is 19.4 Å². The standard InChI is InChI=1S/C19H25N3O4/c1-21-9-4-7-19(18(21)25)8-10-22(13-19)17(24)14-5-3-6-15(11-14)20-16(23)12-26-2/h3,5-6,11H,4,7-10,12-13H2,1-2H3,(H,20,23)/t19-/m0/s1. The maximum absolute atomic E-state index is 12.9. The predicted molar refractivity (Wildman–Crippen MR) is 96.8 cm³/mol. The van der Waals surface area contributed by atoms with Crippen LogP contribution >= 0.6 is 0 Å². The van der Waals surface area contributed by atoms with Crippen molar-refractivity contribution in [3.05, 3.63) is 29.8 Å². The van der Waals surface area contributed by atoms with Gasteiger partial charge >= 0.3 is 0 Å². The average molecular weight is 359 g/mol. The van der Waals surface area contributed by atoms with Crippen LogP contribution in [-0.4, -0.2) is 67.9 Å². The fourth-order valence-electron chi connectivity index (χ4n) is 3.93. The molecule has 2 heterocycles. The number of anilines is 1. The number of carbonyl (C=O) groups is 3. The number of nitrogens with one attached hydrogen (secondary N) is 1. The molecule has 3 rings (SSSR count). The van der Waals surface area contributed by atoms with Crippen molar-refractivity contribution in [3.8, 4) is 0 Å². The third kappa shape index (κ3) is 3.58. The van der Waals surface area contributed by atoms with Crippen LogP contribution in [-0.2, 0) is 14.3 Å². The summed E-state index contributed by atoms with van der Waals surface area (Å²) in [5, 5.41) is 2.70. The van der Waals surface area contributed by atoms with Crippen molar-refractivity contribution >= 4 is 23.4 Å². The minimum Gasteiger partial charge on any atom is -0.375 e. The molecule has 0 aliphatic carbocycles. The molecule has 2 aliphatic heterocycles. The lowest BCUT2D eigenvalue weighted by atomic mass is 9.78. The van der Waals surface area contributed by atoms with Crippen LogP contribution in [0.25, 0.3) is 0 Å². The topological polar surface area (TPSA) is 79.0 Å². The van der Waals surface area contributed by atoms with Crippen molar-refractivity contribution in [1.29, 1.82) is 0 Å². The van der Waals surface area contributed by atoms with Gasteiger partial charge in [-0.1, -0.05) is 6.07 Å². The van der Waals surface area contributed by atoms with Gasteiger partial charge in [0.05, 0.1) is 5.41 Å². The van der Waals surface area contributed by atoms with E-state index in [1.54, 1.807) is 34.1 Å². The fourth-order valence-corrected chi connectivity index (χ4v) is 3.93. The van der Waals surface area contributed by atoms with Gasteiger partial charge in [-0.05, 0) is 37.5 Å². The summed E-state index contributed by atoms with van der Waals surface area (Å²) in [6.45, 7) is 1.80. The minimum absolute atomic E-state index is 0.0392. The van der Waals surface area contributed by atoms with Crippen LogP contribution in [0.2, 0.25) is 0 Å². The number of ether oxygens (including phenoxy) is 1. The zero-order valence-electron chi connectivity index (χ0n) is 15.3. The number of benzene rings is 1. The quantitative estimate of drug-likeness (QED) is 0.880. The highest BCUT2D eigenvalue weighted by atomic mass is 16.5. The number of methoxy groups -OCH3 is 1. The number of hydrogen-bond acceptors (Lipinski definition) is 4. The highest BCUT2D eigenvalue weighted by molar-refractivity contribution is 5.98. The summed E-state index contributed by atoms with van der Waals surface area (Å²) >= 11 is 0. The summed E-state index contributed by atoms with van der Waals surface area (Å²) in [6, 6.07) is 6.86. The molecule has 1 N–H and O–H groups in total. The zero-order chi connectivity index (χ0) is 18.7. The largest absolute Gasteiger partial charge is 0.375 e. The van der Waals surface area contributed by atoms with Crippen LogP contribution in [0.1, 0.15) is 29.6 Å². The van der Waals surface area contributed by atoms with Crippen molar-refractivity contribution in [2.45, 2.75) is 19.3 Å². The molecule has 0 saturated carbocycles. The van der Waals surface area contributed by atoms with Gasteiger partial charge in [-0.2, -0.15) is 0 Å². The molecule has 1 aromatic rings. The molecule has 0 bridgehead atoms. The Bertz CT molecular complexity index is 720. The molecule has 140 valence electrons. The first kappa shape index (κ1) is 18.4. The Morgan fingerprint density at radius 2 is 2.08 bits per heavy atom. The van der Waals surface area contributed by atoms with Gasteiger partial charge in [-0.3, -0.25) is 14.4 Å². The van der Waals surface area contributed by atoms with Crippen LogP contribution in [0.15, 0.2) is 24.3 Å². The van der Waals surface area contributed by atoms with Gasteiger partial charge in [0.1, 0.15) is 6.61 Å². The Kier molecular flexibility index (Phi) is 5.27. The number of hydrogen-bond donors (Lipinski definition) is 1. The molecule has 3 amide bonds. The summed E-state index contributed by atoms with van der Waals surface area (Å²) in [5.74, 6) is -0.224. The number of carbonyl (C=O) groups excluding carboxylic acids is 3. The molecule has 2 fully saturated rings. The zero-order valence-corrected chi connectivity index (χ0v) is 15.3. The van der Waals surface area contributed by atoms with E-state index in [1.165, 1.54) is 7.11 Å². The molecule has 1 aromatic carbocycles. The molecular formula is C19H25N3O4. The Balaban J connectivity index is 1.70. The lowest BCUT2D eigenvalue weighted by molar-refractivity contribution is -0.143. The van der Waals surface area contributed by atoms with Crippen molar-refractivity contribution < 1.29 is 19.1 Å². The van der Waals surface area contributed by atoms with Gasteiger partial charge in [0.2, 0.25) is 11.8 Å². The van der Waals surface area contributed by atoms with E-state index < -0.39 is 5.41 Å². The summed E-state index contributed by atoms with van der Waals surface area (Å²) in [6.07, 6.45) is 2.53. The SMILES string of the molecule is COCC(=O)Nc1cccc(C(=O)N2CC[C@@]3(CCCN(C)C3=O)C2)c1. The molecule has 26 heavy (non-hydrogen) atoms. The molecule has 1 spiro atoms. The van der Waals surface area contributed by atoms with Gasteiger partial charge in [0.25, 0.3) is 5.91 Å². The number of amides is 3. The fraction of sp³-hybridized carbons (Fsp3) is 0.526. The van der Waals surface area contributed by atoms with E-state index in [0.29, 0.717) is 30.8 Å². The predicted octanol–water partition coefficient (Wildman–Crippen LogP) is 1.36. The first-order chi connectivity index (χ1) is 12.4. The smallest absolute Gasteiger partial charge is 0.253 e. The normalized spacial score (nSPS) is 22.8. The van der Waals surface area contributed by atoms with Crippen molar-refractivity contribution in [2.24, 2.45) is 5.41 Å². The van der Waals surface area contributed by atoms with Gasteiger partial charge < -0.3 is 19.9 Å². The minimum atomic E-state index is -0.424. The first-order valence-corrected chi connectivity index (χ1v) is 8.89.